The van der Waals surface area contributed by atoms with E-state index in [4.69, 9.17) is 11.6 Å². The second kappa shape index (κ2) is 5.38. The SMILES string of the molecule is CN1CCCC2(CCN(c3ccnc4cc(Cl)ccc34)C2)C1=O. The lowest BCUT2D eigenvalue weighted by molar-refractivity contribution is -0.143. The molecule has 1 aromatic carbocycles. The van der Waals surface area contributed by atoms with Crippen LogP contribution in [-0.2, 0) is 4.79 Å². The molecular formula is C18H20ClN3O. The van der Waals surface area contributed by atoms with E-state index >= 15 is 0 Å². The van der Waals surface area contributed by atoms with Crippen LogP contribution in [0.15, 0.2) is 30.5 Å². The third-order valence-corrected chi connectivity index (χ3v) is 5.56. The number of carbonyl (C=O) groups excluding carboxylic acids is 1. The topological polar surface area (TPSA) is 36.4 Å². The molecule has 5 heteroatoms. The summed E-state index contributed by atoms with van der Waals surface area (Å²) in [5.41, 5.74) is 1.86. The van der Waals surface area contributed by atoms with E-state index in [0.717, 1.165) is 55.5 Å². The molecule has 3 heterocycles. The standard InChI is InChI=1S/C18H20ClN3O/c1-21-9-2-6-18(17(21)23)7-10-22(12-18)16-5-8-20-15-11-13(19)3-4-14(15)16/h3-5,8,11H,2,6-7,9-10,12H2,1H3. The summed E-state index contributed by atoms with van der Waals surface area (Å²) in [6.45, 7) is 2.61. The van der Waals surface area contributed by atoms with Crippen LogP contribution in [0, 0.1) is 5.41 Å². The fourth-order valence-electron chi connectivity index (χ4n) is 4.11. The quantitative estimate of drug-likeness (QED) is 0.805. The van der Waals surface area contributed by atoms with E-state index in [1.54, 1.807) is 0 Å². The number of pyridine rings is 1. The molecule has 4 nitrogen and oxygen atoms in total. The maximum atomic E-state index is 12.7. The van der Waals surface area contributed by atoms with Crippen LogP contribution in [0.2, 0.25) is 5.02 Å². The molecular weight excluding hydrogens is 310 g/mol. The Morgan fingerprint density at radius 1 is 1.22 bits per heavy atom. The zero-order valence-electron chi connectivity index (χ0n) is 13.3. The van der Waals surface area contributed by atoms with Gasteiger partial charge in [-0.2, -0.15) is 0 Å². The van der Waals surface area contributed by atoms with Crippen molar-refractivity contribution >= 4 is 34.1 Å². The molecule has 0 saturated carbocycles. The molecule has 4 rings (SSSR count). The third-order valence-electron chi connectivity index (χ3n) is 5.33. The van der Waals surface area contributed by atoms with Gasteiger partial charge in [0.2, 0.25) is 5.91 Å². The first-order valence-corrected chi connectivity index (χ1v) is 8.52. The van der Waals surface area contributed by atoms with E-state index < -0.39 is 0 Å². The average Bonchev–Trinajstić information content (AvgIpc) is 2.97. The zero-order chi connectivity index (χ0) is 16.0. The highest BCUT2D eigenvalue weighted by Gasteiger charge is 2.47. The Morgan fingerprint density at radius 2 is 2.09 bits per heavy atom. The second-order valence-corrected chi connectivity index (χ2v) is 7.21. The minimum absolute atomic E-state index is 0.199. The molecule has 0 radical (unpaired) electrons. The number of fused-ring (bicyclic) bond motifs is 1. The first-order valence-electron chi connectivity index (χ1n) is 8.14. The number of anilines is 1. The fourth-order valence-corrected chi connectivity index (χ4v) is 4.27. The Hall–Kier alpha value is -1.81. The molecule has 2 fully saturated rings. The highest BCUT2D eigenvalue weighted by Crippen LogP contribution is 2.42. The molecule has 1 amide bonds. The molecule has 2 aliphatic rings. The number of hydrogen-bond donors (Lipinski definition) is 0. The van der Waals surface area contributed by atoms with Gasteiger partial charge < -0.3 is 9.80 Å². The predicted molar refractivity (Wildman–Crippen MR) is 92.9 cm³/mol. The maximum absolute atomic E-state index is 12.7. The van der Waals surface area contributed by atoms with Crippen molar-refractivity contribution in [3.8, 4) is 0 Å². The number of rotatable bonds is 1. The van der Waals surface area contributed by atoms with Crippen LogP contribution >= 0.6 is 11.6 Å². The Bertz CT molecular complexity index is 778. The van der Waals surface area contributed by atoms with E-state index in [1.165, 1.54) is 0 Å². The summed E-state index contributed by atoms with van der Waals surface area (Å²) in [5.74, 6) is 0.313. The van der Waals surface area contributed by atoms with E-state index in [-0.39, 0.29) is 5.41 Å². The Morgan fingerprint density at radius 3 is 2.96 bits per heavy atom. The van der Waals surface area contributed by atoms with Gasteiger partial charge in [-0.1, -0.05) is 11.6 Å². The summed E-state index contributed by atoms with van der Waals surface area (Å²) in [6, 6.07) is 7.87. The van der Waals surface area contributed by atoms with Crippen LogP contribution in [0.25, 0.3) is 10.9 Å². The van der Waals surface area contributed by atoms with Gasteiger partial charge in [0.1, 0.15) is 0 Å². The van der Waals surface area contributed by atoms with Crippen molar-refractivity contribution in [2.45, 2.75) is 19.3 Å². The Labute approximate surface area is 141 Å². The zero-order valence-corrected chi connectivity index (χ0v) is 14.0. The molecule has 1 aromatic heterocycles. The third kappa shape index (κ3) is 2.36. The van der Waals surface area contributed by atoms with Crippen LogP contribution in [-0.4, -0.2) is 42.5 Å². The molecule has 0 aliphatic carbocycles. The number of nitrogens with zero attached hydrogens (tertiary/aromatic N) is 3. The minimum Gasteiger partial charge on any atom is -0.370 e. The number of hydrogen-bond acceptors (Lipinski definition) is 3. The van der Waals surface area contributed by atoms with Gasteiger partial charge in [-0.25, -0.2) is 0 Å². The molecule has 1 atom stereocenters. The lowest BCUT2D eigenvalue weighted by Crippen LogP contribution is -2.48. The Kier molecular flexibility index (Phi) is 3.45. The van der Waals surface area contributed by atoms with Crippen molar-refractivity contribution < 1.29 is 4.79 Å². The molecule has 23 heavy (non-hydrogen) atoms. The maximum Gasteiger partial charge on any atom is 0.230 e. The number of amides is 1. The molecule has 0 bridgehead atoms. The summed E-state index contributed by atoms with van der Waals surface area (Å²) >= 11 is 6.08. The minimum atomic E-state index is -0.199. The number of piperidine rings is 1. The van der Waals surface area contributed by atoms with Crippen molar-refractivity contribution in [1.82, 2.24) is 9.88 Å². The van der Waals surface area contributed by atoms with Crippen LogP contribution < -0.4 is 4.90 Å². The van der Waals surface area contributed by atoms with E-state index in [0.29, 0.717) is 10.9 Å². The molecule has 1 spiro atoms. The lowest BCUT2D eigenvalue weighted by Gasteiger charge is -2.37. The van der Waals surface area contributed by atoms with Crippen molar-refractivity contribution in [2.75, 3.05) is 31.6 Å². The van der Waals surface area contributed by atoms with Crippen LogP contribution in [0.4, 0.5) is 5.69 Å². The van der Waals surface area contributed by atoms with Crippen molar-refractivity contribution in [1.29, 1.82) is 0 Å². The molecule has 2 saturated heterocycles. The van der Waals surface area contributed by atoms with Crippen molar-refractivity contribution in [3.05, 3.63) is 35.5 Å². The first kappa shape index (κ1) is 14.8. The first-order chi connectivity index (χ1) is 11.1. The van der Waals surface area contributed by atoms with Gasteiger partial charge in [-0.15, -0.1) is 0 Å². The summed E-state index contributed by atoms with van der Waals surface area (Å²) in [4.78, 5) is 21.4. The number of benzene rings is 1. The van der Waals surface area contributed by atoms with Gasteiger partial charge in [0, 0.05) is 49.0 Å². The number of likely N-dealkylation sites (tertiary alicyclic amines) is 1. The van der Waals surface area contributed by atoms with E-state index in [2.05, 4.69) is 9.88 Å². The van der Waals surface area contributed by atoms with Crippen molar-refractivity contribution in [3.63, 3.8) is 0 Å². The fraction of sp³-hybridized carbons (Fsp3) is 0.444. The monoisotopic (exact) mass is 329 g/mol. The van der Waals surface area contributed by atoms with Crippen LogP contribution in [0.1, 0.15) is 19.3 Å². The second-order valence-electron chi connectivity index (χ2n) is 6.77. The van der Waals surface area contributed by atoms with Gasteiger partial charge >= 0.3 is 0 Å². The van der Waals surface area contributed by atoms with Crippen LogP contribution in [0.5, 0.6) is 0 Å². The summed E-state index contributed by atoms with van der Waals surface area (Å²) in [6.07, 6.45) is 4.87. The molecule has 0 N–H and O–H groups in total. The predicted octanol–water partition coefficient (Wildman–Crippen LogP) is 3.34. The number of carbonyl (C=O) groups is 1. The summed E-state index contributed by atoms with van der Waals surface area (Å²) in [5, 5.41) is 1.80. The normalized spacial score (nSPS) is 24.9. The largest absolute Gasteiger partial charge is 0.370 e. The van der Waals surface area contributed by atoms with Gasteiger partial charge in [-0.05, 0) is 43.5 Å². The molecule has 1 unspecified atom stereocenters. The highest BCUT2D eigenvalue weighted by molar-refractivity contribution is 6.31. The molecule has 2 aliphatic heterocycles. The van der Waals surface area contributed by atoms with Gasteiger partial charge in [0.05, 0.1) is 10.9 Å². The molecule has 2 aromatic rings. The van der Waals surface area contributed by atoms with Gasteiger partial charge in [0.15, 0.2) is 0 Å². The highest BCUT2D eigenvalue weighted by atomic mass is 35.5. The van der Waals surface area contributed by atoms with Crippen LogP contribution in [0.3, 0.4) is 0 Å². The summed E-state index contributed by atoms with van der Waals surface area (Å²) < 4.78 is 0. The lowest BCUT2D eigenvalue weighted by atomic mass is 9.78. The van der Waals surface area contributed by atoms with E-state index in [9.17, 15) is 4.79 Å². The molecule has 120 valence electrons. The average molecular weight is 330 g/mol. The van der Waals surface area contributed by atoms with Gasteiger partial charge in [-0.3, -0.25) is 9.78 Å². The number of aromatic nitrogens is 1. The summed E-state index contributed by atoms with van der Waals surface area (Å²) in [7, 11) is 1.93. The van der Waals surface area contributed by atoms with Crippen molar-refractivity contribution in [2.24, 2.45) is 5.41 Å². The van der Waals surface area contributed by atoms with E-state index in [1.807, 2.05) is 42.4 Å². The number of halogens is 1. The smallest absolute Gasteiger partial charge is 0.230 e. The Balaban J connectivity index is 1.69. The van der Waals surface area contributed by atoms with Gasteiger partial charge in [0.25, 0.3) is 0 Å².